The fourth-order valence-electron chi connectivity index (χ4n) is 1.94. The van der Waals surface area contributed by atoms with Crippen LogP contribution in [0.15, 0.2) is 42.5 Å². The van der Waals surface area contributed by atoms with Crippen LogP contribution in [0.4, 0.5) is 21.5 Å². The molecular formula is C14H12BrFN2O2. The van der Waals surface area contributed by atoms with Gasteiger partial charge in [0.2, 0.25) is 0 Å². The summed E-state index contributed by atoms with van der Waals surface area (Å²) in [5.41, 5.74) is 1.39. The third kappa shape index (κ3) is 2.80. The fraction of sp³-hybridized carbons (Fsp3) is 0.143. The van der Waals surface area contributed by atoms with Gasteiger partial charge in [0.15, 0.2) is 0 Å². The van der Waals surface area contributed by atoms with Crippen LogP contribution in [0.5, 0.6) is 0 Å². The van der Waals surface area contributed by atoms with Crippen LogP contribution in [0, 0.1) is 15.9 Å². The first kappa shape index (κ1) is 14.5. The van der Waals surface area contributed by atoms with E-state index in [1.807, 2.05) is 0 Å². The molecule has 0 N–H and O–H groups in total. The normalized spacial score (nSPS) is 10.3. The molecule has 2 aromatic carbocycles. The smallest absolute Gasteiger partial charge is 0.293 e. The lowest BCUT2D eigenvalue weighted by Gasteiger charge is -2.20. The second-order valence-electron chi connectivity index (χ2n) is 4.22. The number of benzene rings is 2. The molecule has 0 unspecified atom stereocenters. The van der Waals surface area contributed by atoms with Crippen molar-refractivity contribution >= 4 is 33.0 Å². The van der Waals surface area contributed by atoms with Crippen molar-refractivity contribution in [2.45, 2.75) is 5.33 Å². The summed E-state index contributed by atoms with van der Waals surface area (Å²) in [4.78, 5) is 12.2. The quantitative estimate of drug-likeness (QED) is 0.471. The molecule has 0 saturated heterocycles. The van der Waals surface area contributed by atoms with Gasteiger partial charge < -0.3 is 4.90 Å². The number of hydrogen-bond acceptors (Lipinski definition) is 3. The van der Waals surface area contributed by atoms with Crippen molar-refractivity contribution in [3.05, 3.63) is 64.0 Å². The molecule has 0 aliphatic heterocycles. The van der Waals surface area contributed by atoms with E-state index >= 15 is 0 Å². The Balaban J connectivity index is 2.52. The van der Waals surface area contributed by atoms with E-state index in [4.69, 9.17) is 0 Å². The van der Waals surface area contributed by atoms with Gasteiger partial charge in [0.05, 0.1) is 10.6 Å². The van der Waals surface area contributed by atoms with E-state index in [2.05, 4.69) is 15.9 Å². The van der Waals surface area contributed by atoms with Crippen molar-refractivity contribution in [2.75, 3.05) is 11.9 Å². The molecule has 0 aliphatic carbocycles. The van der Waals surface area contributed by atoms with Gasteiger partial charge in [-0.2, -0.15) is 0 Å². The van der Waals surface area contributed by atoms with E-state index in [-0.39, 0.29) is 5.69 Å². The topological polar surface area (TPSA) is 46.4 Å². The molecule has 6 heteroatoms. The molecule has 0 radical (unpaired) electrons. The molecule has 0 aromatic heterocycles. The Bertz CT molecular complexity index is 649. The lowest BCUT2D eigenvalue weighted by Crippen LogP contribution is -2.13. The Morgan fingerprint density at radius 3 is 2.55 bits per heavy atom. The van der Waals surface area contributed by atoms with Crippen molar-refractivity contribution in [1.29, 1.82) is 0 Å². The van der Waals surface area contributed by atoms with Gasteiger partial charge in [-0.05, 0) is 23.8 Å². The van der Waals surface area contributed by atoms with Gasteiger partial charge in [-0.3, -0.25) is 10.1 Å². The average Bonchev–Trinajstić information content (AvgIpc) is 2.46. The van der Waals surface area contributed by atoms with Crippen LogP contribution >= 0.6 is 15.9 Å². The minimum atomic E-state index is -0.459. The monoisotopic (exact) mass is 338 g/mol. The third-order valence-corrected chi connectivity index (χ3v) is 3.61. The maximum absolute atomic E-state index is 13.8. The van der Waals surface area contributed by atoms with Crippen molar-refractivity contribution in [3.63, 3.8) is 0 Å². The summed E-state index contributed by atoms with van der Waals surface area (Å²) in [6.07, 6.45) is 0. The van der Waals surface area contributed by atoms with E-state index in [0.717, 1.165) is 5.56 Å². The molecule has 0 spiro atoms. The van der Waals surface area contributed by atoms with Crippen LogP contribution in [0.3, 0.4) is 0 Å². The second-order valence-corrected chi connectivity index (χ2v) is 4.78. The van der Waals surface area contributed by atoms with E-state index in [0.29, 0.717) is 16.7 Å². The summed E-state index contributed by atoms with van der Waals surface area (Å²) in [5.74, 6) is -0.422. The van der Waals surface area contributed by atoms with Crippen molar-refractivity contribution in [3.8, 4) is 0 Å². The highest BCUT2D eigenvalue weighted by atomic mass is 79.9. The maximum Gasteiger partial charge on any atom is 0.293 e. The summed E-state index contributed by atoms with van der Waals surface area (Å²) in [7, 11) is 1.61. The Hall–Kier alpha value is -1.95. The third-order valence-electron chi connectivity index (χ3n) is 2.97. The number of hydrogen-bond donors (Lipinski definition) is 0. The molecule has 0 amide bonds. The second kappa shape index (κ2) is 6.00. The van der Waals surface area contributed by atoms with Crippen LogP contribution in [0.25, 0.3) is 0 Å². The molecular weight excluding hydrogens is 327 g/mol. The largest absolute Gasteiger partial charge is 0.337 e. The molecule has 0 bridgehead atoms. The van der Waals surface area contributed by atoms with E-state index in [1.54, 1.807) is 37.4 Å². The number of nitro groups is 1. The molecule has 2 aromatic rings. The number of halogens is 2. The summed E-state index contributed by atoms with van der Waals surface area (Å²) in [6, 6.07) is 11.1. The summed E-state index contributed by atoms with van der Waals surface area (Å²) >= 11 is 3.26. The molecule has 104 valence electrons. The molecule has 0 fully saturated rings. The number of alkyl halides is 1. The zero-order valence-electron chi connectivity index (χ0n) is 10.7. The Kier molecular flexibility index (Phi) is 4.34. The first-order valence-electron chi connectivity index (χ1n) is 5.86. The van der Waals surface area contributed by atoms with E-state index < -0.39 is 10.7 Å². The molecule has 4 nitrogen and oxygen atoms in total. The van der Waals surface area contributed by atoms with Gasteiger partial charge in [0.1, 0.15) is 11.5 Å². The molecule has 0 saturated carbocycles. The van der Waals surface area contributed by atoms with Crippen LogP contribution in [0.1, 0.15) is 5.56 Å². The molecule has 20 heavy (non-hydrogen) atoms. The minimum absolute atomic E-state index is 0.0484. The highest BCUT2D eigenvalue weighted by Crippen LogP contribution is 2.34. The minimum Gasteiger partial charge on any atom is -0.337 e. The predicted molar refractivity (Wildman–Crippen MR) is 80.2 cm³/mol. The average molecular weight is 339 g/mol. The number of nitrogens with zero attached hydrogens (tertiary/aromatic N) is 2. The lowest BCUT2D eigenvalue weighted by atomic mass is 10.1. The number of anilines is 2. The highest BCUT2D eigenvalue weighted by molar-refractivity contribution is 9.08. The Morgan fingerprint density at radius 1 is 1.25 bits per heavy atom. The van der Waals surface area contributed by atoms with Gasteiger partial charge in [-0.25, -0.2) is 4.39 Å². The zero-order chi connectivity index (χ0) is 14.7. The van der Waals surface area contributed by atoms with E-state index in [1.165, 1.54) is 17.0 Å². The lowest BCUT2D eigenvalue weighted by molar-refractivity contribution is -0.384. The fourth-order valence-corrected chi connectivity index (χ4v) is 2.28. The molecule has 0 heterocycles. The number of nitro benzene ring substituents is 1. The Morgan fingerprint density at radius 2 is 1.95 bits per heavy atom. The number of rotatable bonds is 4. The zero-order valence-corrected chi connectivity index (χ0v) is 12.3. The van der Waals surface area contributed by atoms with Gasteiger partial charge in [-0.1, -0.05) is 34.1 Å². The number of para-hydroxylation sites is 1. The summed E-state index contributed by atoms with van der Waals surface area (Å²) < 4.78 is 13.8. The molecule has 0 atom stereocenters. The Labute approximate surface area is 124 Å². The first-order chi connectivity index (χ1) is 9.54. The van der Waals surface area contributed by atoms with Gasteiger partial charge >= 0.3 is 0 Å². The van der Waals surface area contributed by atoms with Crippen LogP contribution in [0.2, 0.25) is 0 Å². The van der Waals surface area contributed by atoms with Crippen molar-refractivity contribution < 1.29 is 9.31 Å². The molecule has 0 aliphatic rings. The standard InChI is InChI=1S/C14H12BrFN2O2/c1-17(12-5-3-2-4-11(12)16)13-7-6-10(9-15)8-14(13)18(19)20/h2-8H,9H2,1H3. The van der Waals surface area contributed by atoms with Gasteiger partial charge in [-0.15, -0.1) is 0 Å². The maximum atomic E-state index is 13.8. The van der Waals surface area contributed by atoms with Gasteiger partial charge in [0.25, 0.3) is 5.69 Å². The molecule has 2 rings (SSSR count). The summed E-state index contributed by atoms with van der Waals surface area (Å²) in [5, 5.41) is 11.7. The van der Waals surface area contributed by atoms with Crippen molar-refractivity contribution in [2.24, 2.45) is 0 Å². The first-order valence-corrected chi connectivity index (χ1v) is 6.98. The van der Waals surface area contributed by atoms with Crippen LogP contribution in [-0.2, 0) is 5.33 Å². The SMILES string of the molecule is CN(c1ccccc1F)c1ccc(CBr)cc1[N+](=O)[O-]. The van der Waals surface area contributed by atoms with E-state index in [9.17, 15) is 14.5 Å². The highest BCUT2D eigenvalue weighted by Gasteiger charge is 2.20. The van der Waals surface area contributed by atoms with Crippen LogP contribution in [-0.4, -0.2) is 12.0 Å². The summed E-state index contributed by atoms with van der Waals surface area (Å²) in [6.45, 7) is 0. The predicted octanol–water partition coefficient (Wildman–Crippen LogP) is 4.40. The van der Waals surface area contributed by atoms with Gasteiger partial charge in [0, 0.05) is 18.4 Å². The van der Waals surface area contributed by atoms with Crippen molar-refractivity contribution in [1.82, 2.24) is 0 Å². The van der Waals surface area contributed by atoms with Crippen LogP contribution < -0.4 is 4.90 Å².